The van der Waals surface area contributed by atoms with E-state index in [1.54, 1.807) is 6.08 Å². The van der Waals surface area contributed by atoms with Gasteiger partial charge in [-0.25, -0.2) is 4.79 Å². The van der Waals surface area contributed by atoms with Crippen molar-refractivity contribution in [2.75, 3.05) is 0 Å². The van der Waals surface area contributed by atoms with E-state index in [-0.39, 0.29) is 17.4 Å². The Morgan fingerprint density at radius 3 is 2.44 bits per heavy atom. The van der Waals surface area contributed by atoms with Gasteiger partial charge in [-0.05, 0) is 40.6 Å². The highest BCUT2D eigenvalue weighted by atomic mass is 79.9. The standard InChI is InChI=1S/C13H19BrO4/c1-5-7(2)18-12(17)9(14)6-8-10(11(15)16)13(8,3)4/h6-8,10H,5H2,1-4H3,(H,15,16). The van der Waals surface area contributed by atoms with Crippen molar-refractivity contribution >= 4 is 27.9 Å². The molecule has 0 aromatic rings. The third-order valence-corrected chi connectivity index (χ3v) is 4.17. The number of carboxylic acids is 1. The number of carbonyl (C=O) groups is 2. The maximum atomic E-state index is 11.7. The van der Waals surface area contributed by atoms with Crippen molar-refractivity contribution in [2.45, 2.75) is 40.2 Å². The normalized spacial score (nSPS) is 27.5. The molecule has 3 atom stereocenters. The molecule has 0 aromatic carbocycles. The molecule has 1 aliphatic rings. The van der Waals surface area contributed by atoms with Crippen LogP contribution in [0.4, 0.5) is 0 Å². The Balaban J connectivity index is 2.68. The molecule has 0 heterocycles. The Bertz CT molecular complexity index is 386. The summed E-state index contributed by atoms with van der Waals surface area (Å²) in [5, 5.41) is 9.03. The lowest BCUT2D eigenvalue weighted by molar-refractivity contribution is -0.143. The molecule has 1 aliphatic carbocycles. The second-order valence-electron chi connectivity index (χ2n) is 5.30. The van der Waals surface area contributed by atoms with Crippen LogP contribution in [0.3, 0.4) is 0 Å². The van der Waals surface area contributed by atoms with Crippen molar-refractivity contribution in [3.63, 3.8) is 0 Å². The van der Waals surface area contributed by atoms with Crippen molar-refractivity contribution < 1.29 is 19.4 Å². The number of rotatable bonds is 5. The number of carboxylic acid groups (broad SMARTS) is 1. The molecule has 102 valence electrons. The molecule has 0 radical (unpaired) electrons. The molecule has 18 heavy (non-hydrogen) atoms. The van der Waals surface area contributed by atoms with Gasteiger partial charge in [-0.15, -0.1) is 0 Å². The summed E-state index contributed by atoms with van der Waals surface area (Å²) in [5.74, 6) is -1.82. The van der Waals surface area contributed by atoms with E-state index in [4.69, 9.17) is 9.84 Å². The van der Waals surface area contributed by atoms with Crippen molar-refractivity contribution in [3.05, 3.63) is 10.6 Å². The fourth-order valence-electron chi connectivity index (χ4n) is 2.01. The van der Waals surface area contributed by atoms with Gasteiger partial charge in [0.2, 0.25) is 0 Å². The molecule has 0 spiro atoms. The molecule has 5 heteroatoms. The Morgan fingerprint density at radius 2 is 2.06 bits per heavy atom. The summed E-state index contributed by atoms with van der Waals surface area (Å²) in [4.78, 5) is 22.7. The molecule has 0 saturated heterocycles. The summed E-state index contributed by atoms with van der Waals surface area (Å²) in [6.07, 6.45) is 2.27. The third-order valence-electron chi connectivity index (χ3n) is 3.58. The lowest BCUT2D eigenvalue weighted by Crippen LogP contribution is -2.13. The summed E-state index contributed by atoms with van der Waals surface area (Å²) in [6, 6.07) is 0. The maximum Gasteiger partial charge on any atom is 0.345 e. The Kier molecular flexibility index (Phi) is 4.59. The number of halogens is 1. The van der Waals surface area contributed by atoms with Gasteiger partial charge in [0.05, 0.1) is 16.5 Å². The summed E-state index contributed by atoms with van der Waals surface area (Å²) < 4.78 is 5.46. The molecule has 1 rings (SSSR count). The van der Waals surface area contributed by atoms with E-state index < -0.39 is 17.9 Å². The fraction of sp³-hybridized carbons (Fsp3) is 0.692. The van der Waals surface area contributed by atoms with Gasteiger partial charge < -0.3 is 9.84 Å². The largest absolute Gasteiger partial charge is 0.481 e. The molecule has 4 nitrogen and oxygen atoms in total. The van der Waals surface area contributed by atoms with Gasteiger partial charge in [-0.2, -0.15) is 0 Å². The lowest BCUT2D eigenvalue weighted by Gasteiger charge is -2.10. The number of esters is 1. The van der Waals surface area contributed by atoms with Crippen molar-refractivity contribution in [1.29, 1.82) is 0 Å². The van der Waals surface area contributed by atoms with Crippen LogP contribution < -0.4 is 0 Å². The maximum absolute atomic E-state index is 11.7. The third kappa shape index (κ3) is 3.13. The molecule has 1 fully saturated rings. The molecular weight excluding hydrogens is 300 g/mol. The zero-order valence-corrected chi connectivity index (χ0v) is 12.7. The predicted molar refractivity (Wildman–Crippen MR) is 71.3 cm³/mol. The molecule has 1 saturated carbocycles. The number of allylic oxidation sites excluding steroid dienone is 1. The number of aliphatic carboxylic acids is 1. The van der Waals surface area contributed by atoms with Gasteiger partial charge in [0.15, 0.2) is 0 Å². The summed E-state index contributed by atoms with van der Waals surface area (Å²) >= 11 is 3.16. The summed E-state index contributed by atoms with van der Waals surface area (Å²) in [7, 11) is 0. The first-order valence-corrected chi connectivity index (χ1v) is 6.82. The number of hydrogen-bond acceptors (Lipinski definition) is 3. The highest BCUT2D eigenvalue weighted by molar-refractivity contribution is 9.12. The van der Waals surface area contributed by atoms with Gasteiger partial charge in [0.25, 0.3) is 0 Å². The quantitative estimate of drug-likeness (QED) is 0.625. The first-order chi connectivity index (χ1) is 8.21. The highest BCUT2D eigenvalue weighted by Gasteiger charge is 2.61. The van der Waals surface area contributed by atoms with Crippen LogP contribution in [0.1, 0.15) is 34.1 Å². The van der Waals surface area contributed by atoms with Gasteiger partial charge in [-0.1, -0.05) is 26.8 Å². The molecule has 3 unspecified atom stereocenters. The smallest absolute Gasteiger partial charge is 0.345 e. The minimum absolute atomic E-state index is 0.131. The van der Waals surface area contributed by atoms with Crippen LogP contribution in [0, 0.1) is 17.3 Å². The van der Waals surface area contributed by atoms with Crippen LogP contribution in [-0.4, -0.2) is 23.1 Å². The van der Waals surface area contributed by atoms with Crippen molar-refractivity contribution in [1.82, 2.24) is 0 Å². The minimum atomic E-state index is -0.822. The zero-order chi connectivity index (χ0) is 14.1. The lowest BCUT2D eigenvalue weighted by atomic mass is 10.1. The molecule has 0 aromatic heterocycles. The van der Waals surface area contributed by atoms with E-state index in [0.29, 0.717) is 4.48 Å². The van der Waals surface area contributed by atoms with Crippen LogP contribution >= 0.6 is 15.9 Å². The topological polar surface area (TPSA) is 63.6 Å². The predicted octanol–water partition coefficient (Wildman–Crippen LogP) is 2.96. The number of carbonyl (C=O) groups excluding carboxylic acids is 1. The summed E-state index contributed by atoms with van der Waals surface area (Å²) in [6.45, 7) is 7.51. The van der Waals surface area contributed by atoms with Crippen LogP contribution in [-0.2, 0) is 14.3 Å². The van der Waals surface area contributed by atoms with E-state index in [1.807, 2.05) is 27.7 Å². The Labute approximate surface area is 116 Å². The van der Waals surface area contributed by atoms with Crippen LogP contribution in [0.2, 0.25) is 0 Å². The highest BCUT2D eigenvalue weighted by Crippen LogP contribution is 2.59. The van der Waals surface area contributed by atoms with Crippen molar-refractivity contribution in [3.8, 4) is 0 Å². The molecule has 0 aliphatic heterocycles. The average Bonchev–Trinajstić information content (AvgIpc) is 2.80. The fourth-order valence-corrected chi connectivity index (χ4v) is 2.39. The Hall–Kier alpha value is -0.840. The monoisotopic (exact) mass is 318 g/mol. The second kappa shape index (κ2) is 5.43. The summed E-state index contributed by atoms with van der Waals surface area (Å²) in [5.41, 5.74) is -0.304. The van der Waals surface area contributed by atoms with Gasteiger partial charge >= 0.3 is 11.9 Å². The van der Waals surface area contributed by atoms with E-state index >= 15 is 0 Å². The van der Waals surface area contributed by atoms with E-state index in [1.165, 1.54) is 0 Å². The molecule has 1 N–H and O–H groups in total. The van der Waals surface area contributed by atoms with E-state index in [9.17, 15) is 9.59 Å². The average molecular weight is 319 g/mol. The number of ether oxygens (including phenoxy) is 1. The van der Waals surface area contributed by atoms with Gasteiger partial charge in [0, 0.05) is 0 Å². The van der Waals surface area contributed by atoms with Gasteiger partial charge in [0.1, 0.15) is 0 Å². The zero-order valence-electron chi connectivity index (χ0n) is 11.1. The second-order valence-corrected chi connectivity index (χ2v) is 6.16. The molecular formula is C13H19BrO4. The SMILES string of the molecule is CCC(C)OC(=O)C(Br)=CC1C(C(=O)O)C1(C)C. The minimum Gasteiger partial charge on any atom is -0.481 e. The van der Waals surface area contributed by atoms with Crippen LogP contribution in [0.15, 0.2) is 10.6 Å². The van der Waals surface area contributed by atoms with E-state index in [2.05, 4.69) is 15.9 Å². The first-order valence-electron chi connectivity index (χ1n) is 6.02. The molecule has 0 bridgehead atoms. The van der Waals surface area contributed by atoms with Gasteiger partial charge in [-0.3, -0.25) is 4.79 Å². The van der Waals surface area contributed by atoms with E-state index in [0.717, 1.165) is 6.42 Å². The van der Waals surface area contributed by atoms with Crippen LogP contribution in [0.25, 0.3) is 0 Å². The Morgan fingerprint density at radius 1 is 1.50 bits per heavy atom. The van der Waals surface area contributed by atoms with Crippen molar-refractivity contribution in [2.24, 2.45) is 17.3 Å². The first kappa shape index (κ1) is 15.2. The molecule has 0 amide bonds. The van der Waals surface area contributed by atoms with Crippen LogP contribution in [0.5, 0.6) is 0 Å². The number of hydrogen-bond donors (Lipinski definition) is 1.